The van der Waals surface area contributed by atoms with Crippen molar-refractivity contribution in [1.82, 2.24) is 5.32 Å². The molecule has 1 aliphatic heterocycles. The minimum absolute atomic E-state index is 0.0200. The van der Waals surface area contributed by atoms with E-state index in [0.29, 0.717) is 29.6 Å². The number of furan rings is 1. The Morgan fingerprint density at radius 2 is 2.29 bits per heavy atom. The van der Waals surface area contributed by atoms with E-state index >= 15 is 0 Å². The van der Waals surface area contributed by atoms with Crippen molar-refractivity contribution in [3.63, 3.8) is 0 Å². The monoisotopic (exact) mass is 307 g/mol. The molecule has 4 nitrogen and oxygen atoms in total. The van der Waals surface area contributed by atoms with E-state index in [1.54, 1.807) is 12.1 Å². The van der Waals surface area contributed by atoms with Crippen LogP contribution < -0.4 is 5.32 Å². The summed E-state index contributed by atoms with van der Waals surface area (Å²) in [6.45, 7) is 3.98. The quantitative estimate of drug-likeness (QED) is 0.861. The zero-order chi connectivity index (χ0) is 14.8. The predicted octanol–water partition coefficient (Wildman–Crippen LogP) is 3.28. The summed E-state index contributed by atoms with van der Waals surface area (Å²) in [6, 6.07) is 7.31. The first-order valence-electron chi connectivity index (χ1n) is 7.24. The molecule has 2 heterocycles. The Kier molecular flexibility index (Phi) is 4.29. The number of benzene rings is 1. The molecule has 0 radical (unpaired) electrons. The molecule has 1 aromatic carbocycles. The number of nitrogens with one attached hydrogen (secondary N) is 1. The minimum atomic E-state index is -0.198. The van der Waals surface area contributed by atoms with Gasteiger partial charge in [0.1, 0.15) is 0 Å². The number of ether oxygens (including phenoxy) is 1. The predicted molar refractivity (Wildman–Crippen MR) is 81.9 cm³/mol. The molecular weight excluding hydrogens is 290 g/mol. The van der Waals surface area contributed by atoms with E-state index in [4.69, 9.17) is 20.8 Å². The van der Waals surface area contributed by atoms with Gasteiger partial charge in [0.2, 0.25) is 5.78 Å². The second kappa shape index (κ2) is 6.18. The third-order valence-electron chi connectivity index (χ3n) is 3.81. The van der Waals surface area contributed by atoms with Crippen LogP contribution in [0.5, 0.6) is 0 Å². The van der Waals surface area contributed by atoms with Gasteiger partial charge in [-0.05, 0) is 25.1 Å². The Morgan fingerprint density at radius 3 is 3.05 bits per heavy atom. The number of carbonyl (C=O) groups is 1. The number of hydrogen-bond acceptors (Lipinski definition) is 4. The van der Waals surface area contributed by atoms with Crippen LogP contribution in [-0.2, 0) is 4.74 Å². The molecule has 5 heteroatoms. The zero-order valence-corrected chi connectivity index (χ0v) is 12.7. The lowest BCUT2D eigenvalue weighted by Crippen LogP contribution is -2.39. The van der Waals surface area contributed by atoms with Gasteiger partial charge >= 0.3 is 0 Å². The van der Waals surface area contributed by atoms with E-state index in [1.807, 2.05) is 12.1 Å². The third-order valence-corrected chi connectivity index (χ3v) is 4.11. The van der Waals surface area contributed by atoms with Gasteiger partial charge in [-0.1, -0.05) is 30.7 Å². The Hall–Kier alpha value is -1.36. The molecule has 0 bridgehead atoms. The highest BCUT2D eigenvalue weighted by Crippen LogP contribution is 2.29. The van der Waals surface area contributed by atoms with Gasteiger partial charge < -0.3 is 14.5 Å². The van der Waals surface area contributed by atoms with Crippen LogP contribution in [0.1, 0.15) is 23.9 Å². The first-order chi connectivity index (χ1) is 10.2. The van der Waals surface area contributed by atoms with Crippen molar-refractivity contribution in [1.29, 1.82) is 0 Å². The fraction of sp³-hybridized carbons (Fsp3) is 0.438. The maximum absolute atomic E-state index is 12.6. The molecule has 2 unspecified atom stereocenters. The average molecular weight is 308 g/mol. The molecule has 1 N–H and O–H groups in total. The van der Waals surface area contributed by atoms with Gasteiger partial charge in [-0.3, -0.25) is 4.79 Å². The highest BCUT2D eigenvalue weighted by molar-refractivity contribution is 6.34. The molecule has 1 aliphatic rings. The third kappa shape index (κ3) is 2.84. The highest BCUT2D eigenvalue weighted by Gasteiger charge is 2.35. The zero-order valence-electron chi connectivity index (χ0n) is 11.9. The standard InChI is InChI=1S/C16H18ClNO3/c1-2-6-18-13-9-20-8-11(13)15(19)14-7-10-4-3-5-12(17)16(10)21-14/h3-5,7,11,13,18H,2,6,8-9H2,1H3. The molecule has 21 heavy (non-hydrogen) atoms. The van der Waals surface area contributed by atoms with Crippen LogP contribution in [0.4, 0.5) is 0 Å². The van der Waals surface area contributed by atoms with E-state index in [2.05, 4.69) is 12.2 Å². The summed E-state index contributed by atoms with van der Waals surface area (Å²) in [6.07, 6.45) is 1.03. The number of halogens is 1. The van der Waals surface area contributed by atoms with Crippen LogP contribution in [0, 0.1) is 5.92 Å². The minimum Gasteiger partial charge on any atom is -0.451 e. The molecule has 3 rings (SSSR count). The van der Waals surface area contributed by atoms with Crippen molar-refractivity contribution in [3.8, 4) is 0 Å². The maximum atomic E-state index is 12.6. The van der Waals surface area contributed by atoms with Crippen LogP contribution in [0.25, 0.3) is 11.0 Å². The van der Waals surface area contributed by atoms with Crippen LogP contribution in [0.3, 0.4) is 0 Å². The number of rotatable bonds is 5. The molecule has 0 saturated carbocycles. The molecule has 112 valence electrons. The van der Waals surface area contributed by atoms with Gasteiger partial charge in [0.05, 0.1) is 24.2 Å². The van der Waals surface area contributed by atoms with Crippen molar-refractivity contribution in [2.45, 2.75) is 19.4 Å². The number of fused-ring (bicyclic) bond motifs is 1. The lowest BCUT2D eigenvalue weighted by atomic mass is 9.96. The largest absolute Gasteiger partial charge is 0.451 e. The Labute approximate surface area is 128 Å². The molecule has 0 aliphatic carbocycles. The lowest BCUT2D eigenvalue weighted by Gasteiger charge is -2.16. The van der Waals surface area contributed by atoms with Crippen LogP contribution >= 0.6 is 11.6 Å². The van der Waals surface area contributed by atoms with Gasteiger partial charge in [0.25, 0.3) is 0 Å². The van der Waals surface area contributed by atoms with Gasteiger partial charge in [0.15, 0.2) is 11.3 Å². The SMILES string of the molecule is CCCNC1COCC1C(=O)c1cc2cccc(Cl)c2o1. The number of para-hydroxylation sites is 1. The molecule has 0 amide bonds. The maximum Gasteiger partial charge on any atom is 0.205 e. The van der Waals surface area contributed by atoms with Gasteiger partial charge in [-0.2, -0.15) is 0 Å². The fourth-order valence-corrected chi connectivity index (χ4v) is 2.90. The van der Waals surface area contributed by atoms with E-state index in [0.717, 1.165) is 18.4 Å². The van der Waals surface area contributed by atoms with E-state index < -0.39 is 0 Å². The fourth-order valence-electron chi connectivity index (χ4n) is 2.68. The molecule has 1 fully saturated rings. The van der Waals surface area contributed by atoms with E-state index in [9.17, 15) is 4.79 Å². The average Bonchev–Trinajstić information content (AvgIpc) is 3.11. The molecule has 2 aromatic rings. The Bertz CT molecular complexity index is 652. The number of carbonyl (C=O) groups excluding carboxylic acids is 1. The lowest BCUT2D eigenvalue weighted by molar-refractivity contribution is 0.0865. The van der Waals surface area contributed by atoms with Gasteiger partial charge in [-0.15, -0.1) is 0 Å². The second-order valence-corrected chi connectivity index (χ2v) is 5.74. The number of ketones is 1. The number of hydrogen-bond donors (Lipinski definition) is 1. The number of Topliss-reactive ketones (excluding diaryl/α,β-unsaturated/α-hetero) is 1. The summed E-state index contributed by atoms with van der Waals surface area (Å²) < 4.78 is 11.1. The summed E-state index contributed by atoms with van der Waals surface area (Å²) in [4.78, 5) is 12.6. The smallest absolute Gasteiger partial charge is 0.205 e. The van der Waals surface area contributed by atoms with Crippen molar-refractivity contribution in [2.24, 2.45) is 5.92 Å². The highest BCUT2D eigenvalue weighted by atomic mass is 35.5. The first-order valence-corrected chi connectivity index (χ1v) is 7.62. The van der Waals surface area contributed by atoms with Crippen molar-refractivity contribution < 1.29 is 13.9 Å². The molecular formula is C16H18ClNO3. The summed E-state index contributed by atoms with van der Waals surface area (Å²) in [5.41, 5.74) is 0.569. The van der Waals surface area contributed by atoms with Crippen LogP contribution in [0.2, 0.25) is 5.02 Å². The summed E-state index contributed by atoms with van der Waals surface area (Å²) >= 11 is 6.09. The molecule has 1 aromatic heterocycles. The topological polar surface area (TPSA) is 51.5 Å². The summed E-state index contributed by atoms with van der Waals surface area (Å²) in [7, 11) is 0. The Balaban J connectivity index is 1.84. The summed E-state index contributed by atoms with van der Waals surface area (Å²) in [5.74, 6) is 0.140. The first kappa shape index (κ1) is 14.6. The summed E-state index contributed by atoms with van der Waals surface area (Å²) in [5, 5.41) is 4.74. The Morgan fingerprint density at radius 1 is 1.43 bits per heavy atom. The van der Waals surface area contributed by atoms with Gasteiger partial charge in [0, 0.05) is 11.4 Å². The van der Waals surface area contributed by atoms with Crippen molar-refractivity contribution in [3.05, 3.63) is 35.0 Å². The molecule has 2 atom stereocenters. The molecule has 0 spiro atoms. The van der Waals surface area contributed by atoms with Crippen molar-refractivity contribution >= 4 is 28.4 Å². The van der Waals surface area contributed by atoms with E-state index in [1.165, 1.54) is 0 Å². The van der Waals surface area contributed by atoms with Crippen molar-refractivity contribution in [2.75, 3.05) is 19.8 Å². The molecule has 1 saturated heterocycles. The normalized spacial score (nSPS) is 22.0. The van der Waals surface area contributed by atoms with Gasteiger partial charge in [-0.25, -0.2) is 0 Å². The van der Waals surface area contributed by atoms with Crippen LogP contribution in [0.15, 0.2) is 28.7 Å². The second-order valence-electron chi connectivity index (χ2n) is 5.34. The van der Waals surface area contributed by atoms with E-state index in [-0.39, 0.29) is 17.7 Å². The van der Waals surface area contributed by atoms with Crippen LogP contribution in [-0.4, -0.2) is 31.6 Å².